The molecule has 0 spiro atoms. The summed E-state index contributed by atoms with van der Waals surface area (Å²) in [6.07, 6.45) is 4.20. The van der Waals surface area contributed by atoms with Gasteiger partial charge in [-0.05, 0) is 49.9 Å². The molecule has 1 aromatic carbocycles. The monoisotopic (exact) mass is 330 g/mol. The number of Topliss-reactive ketones (excluding diaryl/α,β-unsaturated/α-hetero) is 1. The summed E-state index contributed by atoms with van der Waals surface area (Å²) in [5.74, 6) is 0.268. The summed E-state index contributed by atoms with van der Waals surface area (Å²) in [6, 6.07) is 7.78. The van der Waals surface area contributed by atoms with Gasteiger partial charge in [-0.2, -0.15) is 0 Å². The molecule has 5 nitrogen and oxygen atoms in total. The van der Waals surface area contributed by atoms with Crippen molar-refractivity contribution in [1.82, 2.24) is 5.32 Å². The molecule has 1 aromatic rings. The minimum Gasteiger partial charge on any atom is -0.381 e. The van der Waals surface area contributed by atoms with Crippen LogP contribution in [0.4, 0.5) is 5.69 Å². The Morgan fingerprint density at radius 2 is 1.88 bits per heavy atom. The molecule has 2 saturated heterocycles. The van der Waals surface area contributed by atoms with Crippen LogP contribution in [0.25, 0.3) is 0 Å². The molecule has 0 saturated carbocycles. The Morgan fingerprint density at radius 3 is 2.54 bits per heavy atom. The van der Waals surface area contributed by atoms with E-state index >= 15 is 0 Å². The largest absolute Gasteiger partial charge is 0.381 e. The van der Waals surface area contributed by atoms with Crippen LogP contribution >= 0.6 is 0 Å². The zero-order valence-corrected chi connectivity index (χ0v) is 14.3. The summed E-state index contributed by atoms with van der Waals surface area (Å²) in [4.78, 5) is 26.6. The summed E-state index contributed by atoms with van der Waals surface area (Å²) in [7, 11) is 0. The minimum absolute atomic E-state index is 0.111. The predicted octanol–water partition coefficient (Wildman–Crippen LogP) is 2.54. The molecule has 0 radical (unpaired) electrons. The number of amides is 1. The number of hydrogen-bond acceptors (Lipinski definition) is 4. The van der Waals surface area contributed by atoms with Crippen LogP contribution in [0.1, 0.15) is 49.4 Å². The van der Waals surface area contributed by atoms with E-state index < -0.39 is 0 Å². The lowest BCUT2D eigenvalue weighted by atomic mass is 10.1. The third-order valence-electron chi connectivity index (χ3n) is 4.97. The van der Waals surface area contributed by atoms with E-state index in [4.69, 9.17) is 4.74 Å². The van der Waals surface area contributed by atoms with E-state index in [-0.39, 0.29) is 23.8 Å². The smallest absolute Gasteiger partial charge is 0.242 e. The molecule has 2 aliphatic rings. The van der Waals surface area contributed by atoms with Crippen molar-refractivity contribution in [3.05, 3.63) is 29.8 Å². The van der Waals surface area contributed by atoms with Crippen LogP contribution in [0.15, 0.2) is 24.3 Å². The molecule has 0 unspecified atom stereocenters. The first kappa shape index (κ1) is 17.0. The molecule has 0 aromatic heterocycles. The number of anilines is 1. The van der Waals surface area contributed by atoms with Crippen LogP contribution in [0.3, 0.4) is 0 Å². The van der Waals surface area contributed by atoms with Crippen LogP contribution < -0.4 is 10.2 Å². The van der Waals surface area contributed by atoms with Crippen molar-refractivity contribution in [3.63, 3.8) is 0 Å². The van der Waals surface area contributed by atoms with Crippen molar-refractivity contribution in [2.45, 2.75) is 51.1 Å². The van der Waals surface area contributed by atoms with Crippen molar-refractivity contribution < 1.29 is 14.3 Å². The Balaban J connectivity index is 1.66. The number of nitrogens with one attached hydrogen (secondary N) is 1. The Hall–Kier alpha value is -1.88. The molecule has 2 heterocycles. The lowest BCUT2D eigenvalue weighted by Gasteiger charge is -2.29. The van der Waals surface area contributed by atoms with E-state index in [0.717, 1.165) is 56.7 Å². The van der Waals surface area contributed by atoms with Gasteiger partial charge in [-0.3, -0.25) is 9.59 Å². The lowest BCUT2D eigenvalue weighted by molar-refractivity contribution is -0.123. The maximum atomic E-state index is 12.7. The zero-order chi connectivity index (χ0) is 16.9. The van der Waals surface area contributed by atoms with Gasteiger partial charge in [0.05, 0.1) is 0 Å². The van der Waals surface area contributed by atoms with Gasteiger partial charge in [-0.1, -0.05) is 6.92 Å². The SMILES string of the molecule is CCC(=O)c1ccc(N2CCC[C@@H]2C(=O)NC2CCOCC2)cc1. The van der Waals surface area contributed by atoms with Crippen LogP contribution in [0.2, 0.25) is 0 Å². The fraction of sp³-hybridized carbons (Fsp3) is 0.579. The van der Waals surface area contributed by atoms with Crippen LogP contribution in [0, 0.1) is 0 Å². The molecule has 1 N–H and O–H groups in total. The molecule has 1 amide bonds. The van der Waals surface area contributed by atoms with E-state index in [1.807, 2.05) is 31.2 Å². The van der Waals surface area contributed by atoms with Crippen LogP contribution in [-0.4, -0.2) is 43.5 Å². The Labute approximate surface area is 143 Å². The van der Waals surface area contributed by atoms with Crippen molar-refractivity contribution in [2.75, 3.05) is 24.7 Å². The van der Waals surface area contributed by atoms with Gasteiger partial charge in [0.2, 0.25) is 5.91 Å². The van der Waals surface area contributed by atoms with Gasteiger partial charge in [-0.15, -0.1) is 0 Å². The maximum absolute atomic E-state index is 12.7. The molecule has 130 valence electrons. The average Bonchev–Trinajstić information content (AvgIpc) is 3.12. The second-order valence-electron chi connectivity index (χ2n) is 6.57. The second kappa shape index (κ2) is 7.79. The van der Waals surface area contributed by atoms with Crippen molar-refractivity contribution in [2.24, 2.45) is 0 Å². The molecule has 2 aliphatic heterocycles. The average molecular weight is 330 g/mol. The second-order valence-corrected chi connectivity index (χ2v) is 6.57. The number of rotatable bonds is 5. The molecular weight excluding hydrogens is 304 g/mol. The standard InChI is InChI=1S/C19H26N2O3/c1-2-18(22)14-5-7-16(8-6-14)21-11-3-4-17(21)19(23)20-15-9-12-24-13-10-15/h5-8,15,17H,2-4,9-13H2,1H3,(H,20,23)/t17-/m1/s1. The summed E-state index contributed by atoms with van der Waals surface area (Å²) in [6.45, 7) is 4.21. The summed E-state index contributed by atoms with van der Waals surface area (Å²) in [5, 5.41) is 3.18. The molecule has 0 bridgehead atoms. The molecule has 5 heteroatoms. The zero-order valence-electron chi connectivity index (χ0n) is 14.3. The minimum atomic E-state index is -0.111. The van der Waals surface area contributed by atoms with Crippen molar-refractivity contribution in [1.29, 1.82) is 0 Å². The highest BCUT2D eigenvalue weighted by Crippen LogP contribution is 2.26. The van der Waals surface area contributed by atoms with Gasteiger partial charge in [0.1, 0.15) is 6.04 Å². The van der Waals surface area contributed by atoms with Gasteiger partial charge in [0.25, 0.3) is 0 Å². The highest BCUT2D eigenvalue weighted by Gasteiger charge is 2.32. The number of ketones is 1. The number of hydrogen-bond donors (Lipinski definition) is 1. The number of nitrogens with zero attached hydrogens (tertiary/aromatic N) is 1. The van der Waals surface area contributed by atoms with Gasteiger partial charge in [-0.25, -0.2) is 0 Å². The number of benzene rings is 1. The Bertz CT molecular complexity index is 579. The molecule has 24 heavy (non-hydrogen) atoms. The Morgan fingerprint density at radius 1 is 1.17 bits per heavy atom. The van der Waals surface area contributed by atoms with Gasteiger partial charge in [0.15, 0.2) is 5.78 Å². The highest BCUT2D eigenvalue weighted by molar-refractivity contribution is 5.96. The van der Waals surface area contributed by atoms with Gasteiger partial charge in [0, 0.05) is 43.5 Å². The first-order valence-corrected chi connectivity index (χ1v) is 8.97. The Kier molecular flexibility index (Phi) is 5.51. The molecule has 0 aliphatic carbocycles. The summed E-state index contributed by atoms with van der Waals surface area (Å²) in [5.41, 5.74) is 1.76. The number of carbonyl (C=O) groups is 2. The van der Waals surface area contributed by atoms with E-state index in [9.17, 15) is 9.59 Å². The maximum Gasteiger partial charge on any atom is 0.242 e. The quantitative estimate of drug-likeness (QED) is 0.843. The third kappa shape index (κ3) is 3.78. The van der Waals surface area contributed by atoms with E-state index in [2.05, 4.69) is 10.2 Å². The lowest BCUT2D eigenvalue weighted by Crippen LogP contribution is -2.48. The first-order valence-electron chi connectivity index (χ1n) is 8.97. The van der Waals surface area contributed by atoms with Crippen molar-refractivity contribution >= 4 is 17.4 Å². The van der Waals surface area contributed by atoms with Crippen LogP contribution in [0.5, 0.6) is 0 Å². The molecule has 1 atom stereocenters. The summed E-state index contributed by atoms with van der Waals surface area (Å²) >= 11 is 0. The first-order chi connectivity index (χ1) is 11.7. The van der Waals surface area contributed by atoms with E-state index in [0.29, 0.717) is 6.42 Å². The fourth-order valence-corrected chi connectivity index (χ4v) is 3.53. The number of carbonyl (C=O) groups excluding carboxylic acids is 2. The summed E-state index contributed by atoms with van der Waals surface area (Å²) < 4.78 is 5.35. The number of ether oxygens (including phenoxy) is 1. The van der Waals surface area contributed by atoms with E-state index in [1.165, 1.54) is 0 Å². The topological polar surface area (TPSA) is 58.6 Å². The van der Waals surface area contributed by atoms with Gasteiger partial charge >= 0.3 is 0 Å². The van der Waals surface area contributed by atoms with Crippen LogP contribution in [-0.2, 0) is 9.53 Å². The highest BCUT2D eigenvalue weighted by atomic mass is 16.5. The van der Waals surface area contributed by atoms with Gasteiger partial charge < -0.3 is 15.0 Å². The normalized spacial score (nSPS) is 21.7. The molecule has 3 rings (SSSR count). The third-order valence-corrected chi connectivity index (χ3v) is 4.97. The predicted molar refractivity (Wildman–Crippen MR) is 93.4 cm³/mol. The van der Waals surface area contributed by atoms with E-state index in [1.54, 1.807) is 0 Å². The fourth-order valence-electron chi connectivity index (χ4n) is 3.53. The molecular formula is C19H26N2O3. The molecule has 2 fully saturated rings. The van der Waals surface area contributed by atoms with Crippen molar-refractivity contribution in [3.8, 4) is 0 Å².